The van der Waals surface area contributed by atoms with E-state index in [2.05, 4.69) is 5.32 Å². The van der Waals surface area contributed by atoms with Gasteiger partial charge >= 0.3 is 0 Å². The predicted octanol–water partition coefficient (Wildman–Crippen LogP) is 2.29. The second-order valence-electron chi connectivity index (χ2n) is 4.17. The fraction of sp³-hybridized carbons (Fsp3) is 0.500. The van der Waals surface area contributed by atoms with Crippen LogP contribution in [0.2, 0.25) is 0 Å². The molecule has 1 aromatic rings. The minimum absolute atomic E-state index is 0.420. The van der Waals surface area contributed by atoms with E-state index in [1.807, 2.05) is 4.90 Å². The molecule has 1 heterocycles. The normalized spacial score (nSPS) is 17.7. The van der Waals surface area contributed by atoms with Gasteiger partial charge in [0.1, 0.15) is 0 Å². The number of anilines is 1. The van der Waals surface area contributed by atoms with Gasteiger partial charge in [-0.15, -0.1) is 0 Å². The van der Waals surface area contributed by atoms with Crippen molar-refractivity contribution < 1.29 is 13.2 Å². The van der Waals surface area contributed by atoms with Gasteiger partial charge in [0.2, 0.25) is 0 Å². The Morgan fingerprint density at radius 2 is 1.47 bits per heavy atom. The molecule has 1 fully saturated rings. The van der Waals surface area contributed by atoms with Gasteiger partial charge in [0.05, 0.1) is 0 Å². The summed E-state index contributed by atoms with van der Waals surface area (Å²) in [7, 11) is 0. The Bertz CT molecular complexity index is 364. The first-order valence-electron chi connectivity index (χ1n) is 5.78. The Balaban J connectivity index is 2.19. The lowest BCUT2D eigenvalue weighted by atomic mass is 10.2. The summed E-state index contributed by atoms with van der Waals surface area (Å²) in [6.07, 6.45) is 1.81. The molecule has 2 rings (SSSR count). The molecule has 0 unspecified atom stereocenters. The summed E-state index contributed by atoms with van der Waals surface area (Å²) in [6, 6.07) is 2.13. The SMILES string of the molecule is Fc1cc(N2CCCNCCC2)cc(F)c1F. The van der Waals surface area contributed by atoms with E-state index >= 15 is 0 Å². The molecule has 5 heteroatoms. The lowest BCUT2D eigenvalue weighted by Crippen LogP contribution is -2.34. The van der Waals surface area contributed by atoms with Crippen molar-refractivity contribution in [2.24, 2.45) is 0 Å². The molecule has 0 aliphatic carbocycles. The summed E-state index contributed by atoms with van der Waals surface area (Å²) < 4.78 is 39.1. The van der Waals surface area contributed by atoms with Gasteiger partial charge in [-0.25, -0.2) is 13.2 Å². The zero-order chi connectivity index (χ0) is 12.3. The number of halogens is 3. The molecule has 2 nitrogen and oxygen atoms in total. The number of hydrogen-bond donors (Lipinski definition) is 1. The smallest absolute Gasteiger partial charge is 0.194 e. The molecule has 0 atom stereocenters. The Morgan fingerprint density at radius 3 is 2.00 bits per heavy atom. The molecular weight excluding hydrogens is 229 g/mol. The minimum Gasteiger partial charge on any atom is -0.371 e. The molecule has 1 N–H and O–H groups in total. The quantitative estimate of drug-likeness (QED) is 0.762. The van der Waals surface area contributed by atoms with Crippen LogP contribution in [0, 0.1) is 17.5 Å². The average Bonchev–Trinajstić information content (AvgIpc) is 2.25. The highest BCUT2D eigenvalue weighted by Crippen LogP contribution is 2.21. The second-order valence-corrected chi connectivity index (χ2v) is 4.17. The fourth-order valence-electron chi connectivity index (χ4n) is 2.01. The van der Waals surface area contributed by atoms with Crippen molar-refractivity contribution in [3.05, 3.63) is 29.6 Å². The van der Waals surface area contributed by atoms with E-state index in [1.54, 1.807) is 0 Å². The lowest BCUT2D eigenvalue weighted by Gasteiger charge is -2.27. The zero-order valence-corrected chi connectivity index (χ0v) is 9.48. The van der Waals surface area contributed by atoms with Crippen molar-refractivity contribution in [1.29, 1.82) is 0 Å². The van der Waals surface area contributed by atoms with Crippen LogP contribution in [-0.4, -0.2) is 26.2 Å². The van der Waals surface area contributed by atoms with E-state index in [1.165, 1.54) is 0 Å². The van der Waals surface area contributed by atoms with Gasteiger partial charge in [0.15, 0.2) is 17.5 Å². The first kappa shape index (κ1) is 12.2. The third kappa shape index (κ3) is 2.91. The number of hydrogen-bond acceptors (Lipinski definition) is 2. The molecule has 0 bridgehead atoms. The topological polar surface area (TPSA) is 15.3 Å². The number of benzene rings is 1. The van der Waals surface area contributed by atoms with E-state index in [9.17, 15) is 13.2 Å². The maximum Gasteiger partial charge on any atom is 0.194 e. The van der Waals surface area contributed by atoms with E-state index in [4.69, 9.17) is 0 Å². The predicted molar refractivity (Wildman–Crippen MR) is 60.6 cm³/mol. The third-order valence-corrected chi connectivity index (χ3v) is 2.90. The van der Waals surface area contributed by atoms with E-state index in [0.717, 1.165) is 51.2 Å². The molecule has 1 aromatic carbocycles. The van der Waals surface area contributed by atoms with Crippen molar-refractivity contribution >= 4 is 5.69 Å². The van der Waals surface area contributed by atoms with Crippen molar-refractivity contribution in [3.63, 3.8) is 0 Å². The summed E-state index contributed by atoms with van der Waals surface area (Å²) in [4.78, 5) is 1.90. The van der Waals surface area contributed by atoms with Crippen LogP contribution in [0.5, 0.6) is 0 Å². The van der Waals surface area contributed by atoms with Crippen molar-refractivity contribution in [3.8, 4) is 0 Å². The first-order chi connectivity index (χ1) is 8.18. The van der Waals surface area contributed by atoms with Gasteiger partial charge < -0.3 is 10.2 Å². The third-order valence-electron chi connectivity index (χ3n) is 2.90. The standard InChI is InChI=1S/C12H15F3N2/c13-10-7-9(8-11(14)12(10)15)17-5-1-3-16-4-2-6-17/h7-8,16H,1-6H2. The Hall–Kier alpha value is -1.23. The summed E-state index contributed by atoms with van der Waals surface area (Å²) >= 11 is 0. The van der Waals surface area contributed by atoms with Crippen molar-refractivity contribution in [2.75, 3.05) is 31.1 Å². The van der Waals surface area contributed by atoms with Crippen LogP contribution >= 0.6 is 0 Å². The highest BCUT2D eigenvalue weighted by atomic mass is 19.2. The monoisotopic (exact) mass is 244 g/mol. The Labute approximate surface area is 98.4 Å². The van der Waals surface area contributed by atoms with Gasteiger partial charge in [-0.1, -0.05) is 0 Å². The molecule has 1 saturated heterocycles. The molecule has 0 saturated carbocycles. The Morgan fingerprint density at radius 1 is 0.941 bits per heavy atom. The van der Waals surface area contributed by atoms with Crippen molar-refractivity contribution in [2.45, 2.75) is 12.8 Å². The molecule has 0 spiro atoms. The maximum absolute atomic E-state index is 13.1. The van der Waals surface area contributed by atoms with Gasteiger partial charge in [-0.3, -0.25) is 0 Å². The Kier molecular flexibility index (Phi) is 3.89. The maximum atomic E-state index is 13.1. The fourth-order valence-corrected chi connectivity index (χ4v) is 2.01. The lowest BCUT2D eigenvalue weighted by molar-refractivity contribution is 0.446. The van der Waals surface area contributed by atoms with Crippen LogP contribution in [0.3, 0.4) is 0 Å². The molecule has 1 aliphatic heterocycles. The van der Waals surface area contributed by atoms with E-state index in [0.29, 0.717) is 5.69 Å². The van der Waals surface area contributed by atoms with E-state index in [-0.39, 0.29) is 0 Å². The van der Waals surface area contributed by atoms with Crippen LogP contribution in [0.4, 0.5) is 18.9 Å². The largest absolute Gasteiger partial charge is 0.371 e. The second kappa shape index (κ2) is 5.40. The van der Waals surface area contributed by atoms with Crippen LogP contribution in [0.15, 0.2) is 12.1 Å². The highest BCUT2D eigenvalue weighted by Gasteiger charge is 2.15. The summed E-state index contributed by atoms with van der Waals surface area (Å²) in [5.41, 5.74) is 0.420. The van der Waals surface area contributed by atoms with Gasteiger partial charge in [0.25, 0.3) is 0 Å². The molecular formula is C12H15F3N2. The molecule has 17 heavy (non-hydrogen) atoms. The van der Waals surface area contributed by atoms with E-state index < -0.39 is 17.5 Å². The summed E-state index contributed by atoms with van der Waals surface area (Å²) in [6.45, 7) is 3.22. The van der Waals surface area contributed by atoms with Crippen molar-refractivity contribution in [1.82, 2.24) is 5.32 Å². The van der Waals surface area contributed by atoms with Crippen LogP contribution < -0.4 is 10.2 Å². The molecule has 0 aromatic heterocycles. The van der Waals surface area contributed by atoms with Crippen LogP contribution in [0.1, 0.15) is 12.8 Å². The number of rotatable bonds is 1. The minimum atomic E-state index is -1.40. The molecule has 0 amide bonds. The summed E-state index contributed by atoms with van der Waals surface area (Å²) in [5, 5.41) is 3.26. The number of nitrogens with zero attached hydrogens (tertiary/aromatic N) is 1. The first-order valence-corrected chi connectivity index (χ1v) is 5.78. The van der Waals surface area contributed by atoms with Gasteiger partial charge in [-0.2, -0.15) is 0 Å². The highest BCUT2D eigenvalue weighted by molar-refractivity contribution is 5.47. The van der Waals surface area contributed by atoms with Gasteiger partial charge in [0, 0.05) is 30.9 Å². The summed E-state index contributed by atoms with van der Waals surface area (Å²) in [5.74, 6) is -3.65. The van der Waals surface area contributed by atoms with Gasteiger partial charge in [-0.05, 0) is 25.9 Å². The average molecular weight is 244 g/mol. The van der Waals surface area contributed by atoms with Crippen LogP contribution in [-0.2, 0) is 0 Å². The zero-order valence-electron chi connectivity index (χ0n) is 9.48. The molecule has 1 aliphatic rings. The number of nitrogens with one attached hydrogen (secondary N) is 1. The molecule has 0 radical (unpaired) electrons. The molecule has 94 valence electrons. The van der Waals surface area contributed by atoms with Crippen LogP contribution in [0.25, 0.3) is 0 Å².